The number of nitrogens with zero attached hydrogens (tertiary/aromatic N) is 1. The number of thiazole rings is 1. The first-order chi connectivity index (χ1) is 7.42. The van der Waals surface area contributed by atoms with Crippen molar-refractivity contribution in [2.24, 2.45) is 5.92 Å². The molecule has 1 N–H and O–H groups in total. The monoisotopic (exact) mass is 218 g/mol. The number of nitrogens with one attached hydrogen (secondary N) is 1. The Morgan fingerprint density at radius 3 is 3.33 bits per heavy atom. The van der Waals surface area contributed by atoms with E-state index in [1.807, 2.05) is 5.51 Å². The molecule has 15 heavy (non-hydrogen) atoms. The zero-order valence-electron chi connectivity index (χ0n) is 8.57. The molecule has 0 radical (unpaired) electrons. The van der Waals surface area contributed by atoms with Crippen LogP contribution >= 0.6 is 11.3 Å². The lowest BCUT2D eigenvalue weighted by molar-refractivity contribution is 0.580. The summed E-state index contributed by atoms with van der Waals surface area (Å²) >= 11 is 1.73. The molecular weight excluding hydrogens is 204 g/mol. The minimum Gasteiger partial charge on any atom is -0.316 e. The van der Waals surface area contributed by atoms with Gasteiger partial charge < -0.3 is 5.32 Å². The van der Waals surface area contributed by atoms with Crippen molar-refractivity contribution >= 4 is 21.6 Å². The average Bonchev–Trinajstić information content (AvgIpc) is 2.87. The van der Waals surface area contributed by atoms with E-state index in [-0.39, 0.29) is 0 Å². The van der Waals surface area contributed by atoms with E-state index in [1.54, 1.807) is 11.3 Å². The number of fused-ring (bicyclic) bond motifs is 1. The maximum absolute atomic E-state index is 4.30. The van der Waals surface area contributed by atoms with E-state index in [0.717, 1.165) is 11.4 Å². The van der Waals surface area contributed by atoms with Gasteiger partial charge in [-0.2, -0.15) is 0 Å². The second-order valence-electron chi connectivity index (χ2n) is 4.22. The summed E-state index contributed by atoms with van der Waals surface area (Å²) in [5.41, 5.74) is 4.51. The summed E-state index contributed by atoms with van der Waals surface area (Å²) < 4.78 is 1.32. The lowest BCUT2D eigenvalue weighted by atomic mass is 9.99. The third-order valence-electron chi connectivity index (χ3n) is 3.08. The normalized spacial score (nSPS) is 21.2. The summed E-state index contributed by atoms with van der Waals surface area (Å²) in [6.45, 7) is 2.37. The first kappa shape index (κ1) is 9.31. The molecular formula is C12H14N2S. The lowest BCUT2D eigenvalue weighted by Gasteiger charge is -2.07. The Labute approximate surface area is 93.3 Å². The Kier molecular flexibility index (Phi) is 2.43. The summed E-state index contributed by atoms with van der Waals surface area (Å²) in [6.07, 6.45) is 2.53. The Bertz CT molecular complexity index is 457. The third kappa shape index (κ3) is 1.90. The molecule has 2 nitrogen and oxygen atoms in total. The molecule has 3 heteroatoms. The van der Waals surface area contributed by atoms with Crippen LogP contribution in [0.15, 0.2) is 23.7 Å². The molecule has 1 aliphatic rings. The van der Waals surface area contributed by atoms with E-state index in [9.17, 15) is 0 Å². The predicted octanol–water partition coefficient (Wildman–Crippen LogP) is 2.45. The number of benzene rings is 1. The third-order valence-corrected chi connectivity index (χ3v) is 3.87. The van der Waals surface area contributed by atoms with Crippen LogP contribution < -0.4 is 5.32 Å². The van der Waals surface area contributed by atoms with E-state index in [4.69, 9.17) is 0 Å². The highest BCUT2D eigenvalue weighted by molar-refractivity contribution is 7.16. The van der Waals surface area contributed by atoms with Crippen molar-refractivity contribution in [3.63, 3.8) is 0 Å². The zero-order valence-corrected chi connectivity index (χ0v) is 9.39. The van der Waals surface area contributed by atoms with Crippen molar-refractivity contribution in [2.75, 3.05) is 13.1 Å². The second-order valence-corrected chi connectivity index (χ2v) is 5.10. The minimum absolute atomic E-state index is 0.829. The first-order valence-corrected chi connectivity index (χ1v) is 6.32. The van der Waals surface area contributed by atoms with Gasteiger partial charge in [0.1, 0.15) is 0 Å². The molecule has 0 bridgehead atoms. The average molecular weight is 218 g/mol. The topological polar surface area (TPSA) is 24.9 Å². The van der Waals surface area contributed by atoms with Gasteiger partial charge in [-0.3, -0.25) is 0 Å². The van der Waals surface area contributed by atoms with E-state index >= 15 is 0 Å². The van der Waals surface area contributed by atoms with Crippen LogP contribution in [0.3, 0.4) is 0 Å². The number of hydrogen-bond acceptors (Lipinski definition) is 3. The Hall–Kier alpha value is -0.930. The van der Waals surface area contributed by atoms with Gasteiger partial charge >= 0.3 is 0 Å². The van der Waals surface area contributed by atoms with Crippen LogP contribution in [0, 0.1) is 5.92 Å². The fourth-order valence-corrected chi connectivity index (χ4v) is 2.99. The molecule has 1 aromatic heterocycles. The minimum atomic E-state index is 0.829. The first-order valence-electron chi connectivity index (χ1n) is 5.45. The fourth-order valence-electron chi connectivity index (χ4n) is 2.25. The van der Waals surface area contributed by atoms with E-state index in [1.165, 1.54) is 36.2 Å². The van der Waals surface area contributed by atoms with Crippen LogP contribution in [0.4, 0.5) is 0 Å². The largest absolute Gasteiger partial charge is 0.316 e. The summed E-state index contributed by atoms with van der Waals surface area (Å²) in [7, 11) is 0. The van der Waals surface area contributed by atoms with E-state index in [0.29, 0.717) is 0 Å². The van der Waals surface area contributed by atoms with Crippen molar-refractivity contribution in [3.8, 4) is 0 Å². The summed E-state index contributed by atoms with van der Waals surface area (Å²) in [5.74, 6) is 0.829. The molecule has 2 aromatic rings. The van der Waals surface area contributed by atoms with Crippen LogP contribution in [-0.2, 0) is 6.42 Å². The second kappa shape index (κ2) is 3.91. The van der Waals surface area contributed by atoms with Gasteiger partial charge in [-0.25, -0.2) is 4.98 Å². The molecule has 1 aliphatic heterocycles. The molecule has 1 unspecified atom stereocenters. The lowest BCUT2D eigenvalue weighted by Crippen LogP contribution is -2.10. The molecule has 1 fully saturated rings. The number of aromatic nitrogens is 1. The van der Waals surface area contributed by atoms with Gasteiger partial charge in [0.05, 0.1) is 15.7 Å². The van der Waals surface area contributed by atoms with Crippen molar-refractivity contribution in [1.29, 1.82) is 0 Å². The molecule has 0 amide bonds. The predicted molar refractivity (Wildman–Crippen MR) is 64.3 cm³/mol. The van der Waals surface area contributed by atoms with Crippen LogP contribution in [0.2, 0.25) is 0 Å². The van der Waals surface area contributed by atoms with Gasteiger partial charge in [-0.15, -0.1) is 11.3 Å². The van der Waals surface area contributed by atoms with Crippen LogP contribution in [0.25, 0.3) is 10.2 Å². The van der Waals surface area contributed by atoms with Crippen LogP contribution in [0.5, 0.6) is 0 Å². The highest BCUT2D eigenvalue weighted by atomic mass is 32.1. The van der Waals surface area contributed by atoms with Crippen LogP contribution in [-0.4, -0.2) is 18.1 Å². The van der Waals surface area contributed by atoms with E-state index < -0.39 is 0 Å². The zero-order chi connectivity index (χ0) is 10.1. The van der Waals surface area contributed by atoms with E-state index in [2.05, 4.69) is 28.5 Å². The van der Waals surface area contributed by atoms with Crippen molar-refractivity contribution in [2.45, 2.75) is 12.8 Å². The molecule has 1 atom stereocenters. The number of hydrogen-bond donors (Lipinski definition) is 1. The molecule has 78 valence electrons. The summed E-state index contributed by atoms with van der Waals surface area (Å²) in [6, 6.07) is 6.66. The fraction of sp³-hybridized carbons (Fsp3) is 0.417. The molecule has 0 aliphatic carbocycles. The molecule has 0 spiro atoms. The highest BCUT2D eigenvalue weighted by Gasteiger charge is 2.14. The maximum atomic E-state index is 4.30. The molecule has 2 heterocycles. The van der Waals surface area contributed by atoms with Gasteiger partial charge in [-0.1, -0.05) is 6.07 Å². The van der Waals surface area contributed by atoms with Gasteiger partial charge in [0, 0.05) is 0 Å². The van der Waals surface area contributed by atoms with Crippen molar-refractivity contribution in [3.05, 3.63) is 29.3 Å². The standard InChI is InChI=1S/C12H14N2S/c1-2-11-12(15-8-14-11)6-9(1)5-10-3-4-13-7-10/h1-2,6,8,10,13H,3-5,7H2. The summed E-state index contributed by atoms with van der Waals surface area (Å²) in [5, 5.41) is 3.42. The Morgan fingerprint density at radius 1 is 1.47 bits per heavy atom. The summed E-state index contributed by atoms with van der Waals surface area (Å²) in [4.78, 5) is 4.30. The molecule has 3 rings (SSSR count). The van der Waals surface area contributed by atoms with Crippen LogP contribution in [0.1, 0.15) is 12.0 Å². The molecule has 0 saturated carbocycles. The maximum Gasteiger partial charge on any atom is 0.0812 e. The Morgan fingerprint density at radius 2 is 2.47 bits per heavy atom. The molecule has 1 aromatic carbocycles. The SMILES string of the molecule is c1nc2ccc(CC3CCNC3)cc2s1. The molecule has 1 saturated heterocycles. The van der Waals surface area contributed by atoms with Gasteiger partial charge in [0.15, 0.2) is 0 Å². The van der Waals surface area contributed by atoms with Gasteiger partial charge in [-0.05, 0) is 49.5 Å². The number of rotatable bonds is 2. The van der Waals surface area contributed by atoms with Crippen molar-refractivity contribution in [1.82, 2.24) is 10.3 Å². The van der Waals surface area contributed by atoms with Crippen molar-refractivity contribution < 1.29 is 0 Å². The quantitative estimate of drug-likeness (QED) is 0.837. The smallest absolute Gasteiger partial charge is 0.0812 e. The highest BCUT2D eigenvalue weighted by Crippen LogP contribution is 2.22. The van der Waals surface area contributed by atoms with Gasteiger partial charge in [0.25, 0.3) is 0 Å². The van der Waals surface area contributed by atoms with Gasteiger partial charge in [0.2, 0.25) is 0 Å². The Balaban J connectivity index is 1.84.